The highest BCUT2D eigenvalue weighted by Crippen LogP contribution is 2.69. The van der Waals surface area contributed by atoms with Crippen LogP contribution >= 0.6 is 0 Å². The second kappa shape index (κ2) is 7.42. The van der Waals surface area contributed by atoms with E-state index in [1.54, 1.807) is 17.1 Å². The molecule has 5 nitrogen and oxygen atoms in total. The zero-order chi connectivity index (χ0) is 22.9. The molecule has 0 aliphatic heterocycles. The molecule has 0 amide bonds. The average molecular weight is 438 g/mol. The summed E-state index contributed by atoms with van der Waals surface area (Å²) in [6.07, 6.45) is 12.0. The van der Waals surface area contributed by atoms with Crippen molar-refractivity contribution in [3.63, 3.8) is 0 Å². The predicted octanol–water partition coefficient (Wildman–Crippen LogP) is 4.98. The lowest BCUT2D eigenvalue weighted by Crippen LogP contribution is -2.58. The van der Waals surface area contributed by atoms with Crippen LogP contribution in [0.3, 0.4) is 0 Å². The first kappa shape index (κ1) is 22.1. The fourth-order valence-corrected chi connectivity index (χ4v) is 9.12. The molecule has 4 aliphatic carbocycles. The van der Waals surface area contributed by atoms with Crippen LogP contribution in [0.1, 0.15) is 84.6 Å². The second-order valence-electron chi connectivity index (χ2n) is 12.6. The van der Waals surface area contributed by atoms with Crippen LogP contribution in [0.5, 0.6) is 0 Å². The number of rotatable bonds is 3. The lowest BCUT2D eigenvalue weighted by Gasteiger charge is -2.63. The summed E-state index contributed by atoms with van der Waals surface area (Å²) in [4.78, 5) is 13.4. The van der Waals surface area contributed by atoms with E-state index in [0.29, 0.717) is 40.4 Å². The first-order valence-electron chi connectivity index (χ1n) is 12.7. The molecule has 1 heterocycles. The van der Waals surface area contributed by atoms with Gasteiger partial charge in [-0.2, -0.15) is 10.4 Å². The van der Waals surface area contributed by atoms with Gasteiger partial charge in [-0.1, -0.05) is 20.8 Å². The lowest BCUT2D eigenvalue weighted by atomic mass is 9.42. The summed E-state index contributed by atoms with van der Waals surface area (Å²) in [6.45, 7) is 9.71. The fraction of sp³-hybridized carbons (Fsp3) is 0.815. The molecule has 0 bridgehead atoms. The van der Waals surface area contributed by atoms with E-state index in [1.165, 1.54) is 19.3 Å². The van der Waals surface area contributed by atoms with Crippen molar-refractivity contribution in [1.29, 1.82) is 5.26 Å². The molecule has 1 aromatic heterocycles. The number of hydrogen-bond acceptors (Lipinski definition) is 4. The normalized spacial score (nSPS) is 47.8. The van der Waals surface area contributed by atoms with Crippen LogP contribution in [-0.4, -0.2) is 26.3 Å². The highest BCUT2D eigenvalue weighted by Gasteiger charge is 2.63. The third-order valence-corrected chi connectivity index (χ3v) is 10.8. The Bertz CT molecular complexity index is 945. The molecule has 0 radical (unpaired) electrons. The van der Waals surface area contributed by atoms with Gasteiger partial charge in [0.05, 0.1) is 23.9 Å². The summed E-state index contributed by atoms with van der Waals surface area (Å²) in [7, 11) is 0. The van der Waals surface area contributed by atoms with Gasteiger partial charge in [0.2, 0.25) is 0 Å². The van der Waals surface area contributed by atoms with Gasteiger partial charge < -0.3 is 5.11 Å². The zero-order valence-corrected chi connectivity index (χ0v) is 20.2. The molecule has 32 heavy (non-hydrogen) atoms. The molecule has 174 valence electrons. The molecule has 5 rings (SSSR count). The van der Waals surface area contributed by atoms with E-state index in [1.807, 2.05) is 6.92 Å². The van der Waals surface area contributed by atoms with E-state index in [0.717, 1.165) is 38.0 Å². The maximum atomic E-state index is 13.4. The van der Waals surface area contributed by atoms with E-state index in [9.17, 15) is 9.90 Å². The third kappa shape index (κ3) is 3.28. The minimum Gasteiger partial charge on any atom is -0.390 e. The van der Waals surface area contributed by atoms with Crippen LogP contribution in [0.2, 0.25) is 0 Å². The molecular formula is C27H39N3O2. The molecular weight excluding hydrogens is 398 g/mol. The van der Waals surface area contributed by atoms with Crippen LogP contribution in [-0.2, 0) is 11.3 Å². The van der Waals surface area contributed by atoms with Crippen molar-refractivity contribution < 1.29 is 9.90 Å². The number of aromatic nitrogens is 2. The molecule has 1 aromatic rings. The minimum absolute atomic E-state index is 0.0844. The predicted molar refractivity (Wildman–Crippen MR) is 122 cm³/mol. The van der Waals surface area contributed by atoms with Gasteiger partial charge in [0.25, 0.3) is 0 Å². The van der Waals surface area contributed by atoms with Gasteiger partial charge in [-0.25, -0.2) is 0 Å². The quantitative estimate of drug-likeness (QED) is 0.723. The first-order valence-corrected chi connectivity index (χ1v) is 12.7. The average Bonchev–Trinajstić information content (AvgIpc) is 3.32. The molecule has 0 aromatic carbocycles. The van der Waals surface area contributed by atoms with E-state index in [4.69, 9.17) is 5.26 Å². The molecule has 0 spiro atoms. The topological polar surface area (TPSA) is 78.9 Å². The van der Waals surface area contributed by atoms with Gasteiger partial charge in [-0.15, -0.1) is 0 Å². The van der Waals surface area contributed by atoms with E-state index < -0.39 is 5.60 Å². The van der Waals surface area contributed by atoms with Gasteiger partial charge in [-0.05, 0) is 98.7 Å². The Labute approximate surface area is 192 Å². The van der Waals surface area contributed by atoms with Crippen LogP contribution in [0.15, 0.2) is 12.4 Å². The first-order chi connectivity index (χ1) is 15.1. The molecule has 0 unspecified atom stereocenters. The molecule has 4 fully saturated rings. The third-order valence-electron chi connectivity index (χ3n) is 10.8. The maximum Gasteiger partial charge on any atom is 0.157 e. The number of carbonyl (C=O) groups excluding carboxylic acids is 1. The van der Waals surface area contributed by atoms with Crippen molar-refractivity contribution in [3.05, 3.63) is 18.0 Å². The molecule has 9 atom stereocenters. The molecule has 5 heteroatoms. The van der Waals surface area contributed by atoms with Crippen LogP contribution in [0.4, 0.5) is 0 Å². The number of Topliss-reactive ketones (excluding diaryl/α,β-unsaturated/α-hetero) is 1. The van der Waals surface area contributed by atoms with E-state index in [2.05, 4.69) is 31.9 Å². The van der Waals surface area contributed by atoms with Gasteiger partial charge in [-0.3, -0.25) is 9.48 Å². The Morgan fingerprint density at radius 1 is 1.19 bits per heavy atom. The Hall–Kier alpha value is -1.67. The summed E-state index contributed by atoms with van der Waals surface area (Å²) in [5.41, 5.74) is 0.439. The van der Waals surface area contributed by atoms with E-state index >= 15 is 0 Å². The number of fused-ring (bicyclic) bond motifs is 5. The standard InChI is InChI=1S/C27H39N3O2/c1-17-11-19-12-25(2,32)9-10-26(19,3)22-7-8-27(4)20(5-6-21(27)24(17)22)23(31)16-30-15-18(13-28)14-29-30/h14-15,17,19-22,24,32H,5-12,16H2,1-4H3/t17-,19-,20+,21-,22-,24-,25+,26-,27+/m0/s1. The molecule has 4 saturated carbocycles. The molecule has 1 N–H and O–H groups in total. The Morgan fingerprint density at radius 3 is 2.66 bits per heavy atom. The van der Waals surface area contributed by atoms with Crippen LogP contribution in [0, 0.1) is 57.7 Å². The van der Waals surface area contributed by atoms with Crippen molar-refractivity contribution in [2.45, 2.75) is 91.2 Å². The zero-order valence-electron chi connectivity index (χ0n) is 20.2. The Balaban J connectivity index is 1.37. The van der Waals surface area contributed by atoms with Crippen molar-refractivity contribution in [3.8, 4) is 6.07 Å². The number of carbonyl (C=O) groups is 1. The minimum atomic E-state index is -0.497. The van der Waals surface area contributed by atoms with Crippen molar-refractivity contribution >= 4 is 5.78 Å². The molecule has 0 saturated heterocycles. The monoisotopic (exact) mass is 437 g/mol. The largest absolute Gasteiger partial charge is 0.390 e. The number of aliphatic hydroxyl groups is 1. The van der Waals surface area contributed by atoms with Crippen LogP contribution in [0.25, 0.3) is 0 Å². The summed E-state index contributed by atoms with van der Waals surface area (Å²) in [6, 6.07) is 2.10. The Morgan fingerprint density at radius 2 is 1.94 bits per heavy atom. The lowest BCUT2D eigenvalue weighted by molar-refractivity contribution is -0.166. The van der Waals surface area contributed by atoms with Crippen molar-refractivity contribution in [2.24, 2.45) is 46.3 Å². The molecule has 4 aliphatic rings. The number of nitriles is 1. The Kier molecular flexibility index (Phi) is 5.13. The van der Waals surface area contributed by atoms with Gasteiger partial charge >= 0.3 is 0 Å². The number of ketones is 1. The van der Waals surface area contributed by atoms with Crippen molar-refractivity contribution in [2.75, 3.05) is 0 Å². The van der Waals surface area contributed by atoms with Gasteiger partial charge in [0.1, 0.15) is 6.07 Å². The van der Waals surface area contributed by atoms with Gasteiger partial charge in [0.15, 0.2) is 5.78 Å². The summed E-state index contributed by atoms with van der Waals surface area (Å²) in [5.74, 6) is 3.73. The smallest absolute Gasteiger partial charge is 0.157 e. The number of hydrogen-bond donors (Lipinski definition) is 1. The highest BCUT2D eigenvalue weighted by atomic mass is 16.3. The SMILES string of the molecule is C[C@H]1C[C@H]2C[C@](C)(O)CC[C@]2(C)[C@H]2CC[C@]3(C)[C@@H](C(=O)Cn4cc(C#N)cn4)CC[C@H]3[C@H]12. The highest BCUT2D eigenvalue weighted by molar-refractivity contribution is 5.82. The summed E-state index contributed by atoms with van der Waals surface area (Å²) in [5, 5.41) is 24.1. The van der Waals surface area contributed by atoms with Crippen molar-refractivity contribution in [1.82, 2.24) is 9.78 Å². The van der Waals surface area contributed by atoms with E-state index in [-0.39, 0.29) is 17.9 Å². The fourth-order valence-electron chi connectivity index (χ4n) is 9.12. The summed E-state index contributed by atoms with van der Waals surface area (Å²) < 4.78 is 1.64. The summed E-state index contributed by atoms with van der Waals surface area (Å²) >= 11 is 0. The maximum absolute atomic E-state index is 13.4. The van der Waals surface area contributed by atoms with Gasteiger partial charge in [0, 0.05) is 12.1 Å². The number of nitrogens with zero attached hydrogens (tertiary/aromatic N) is 3. The van der Waals surface area contributed by atoms with Crippen LogP contribution < -0.4 is 0 Å². The second-order valence-corrected chi connectivity index (χ2v) is 12.6.